The van der Waals surface area contributed by atoms with Crippen LogP contribution in [-0.2, 0) is 7.05 Å². The topological polar surface area (TPSA) is 63.3 Å². The fraction of sp³-hybridized carbons (Fsp3) is 0.294. The predicted molar refractivity (Wildman–Crippen MR) is 89.3 cm³/mol. The molecule has 2 heterocycles. The second-order valence-electron chi connectivity index (χ2n) is 5.79. The van der Waals surface area contributed by atoms with Gasteiger partial charge in [-0.3, -0.25) is 9.48 Å². The standard InChI is InChI=1S/C17H20N4O2/c1-20(2)8-7-18-17(22)15-5-4-13(12-10-19-21(3)11-12)14-6-9-23-16(14)15/h4-6,9-11H,7-8H2,1-3H3,(H,18,22). The van der Waals surface area contributed by atoms with Gasteiger partial charge in [-0.1, -0.05) is 6.07 Å². The SMILES string of the molecule is CN(C)CCNC(=O)c1ccc(-c2cnn(C)c2)c2ccoc12. The molecule has 1 N–H and O–H groups in total. The molecule has 1 aromatic carbocycles. The number of hydrogen-bond acceptors (Lipinski definition) is 4. The highest BCUT2D eigenvalue weighted by atomic mass is 16.3. The first kappa shape index (κ1) is 15.3. The Morgan fingerprint density at radius 3 is 2.87 bits per heavy atom. The Hall–Kier alpha value is -2.60. The van der Waals surface area contributed by atoms with Crippen molar-refractivity contribution in [3.63, 3.8) is 0 Å². The number of nitrogens with one attached hydrogen (secondary N) is 1. The summed E-state index contributed by atoms with van der Waals surface area (Å²) in [6, 6.07) is 5.63. The van der Waals surface area contributed by atoms with Crippen molar-refractivity contribution < 1.29 is 9.21 Å². The molecule has 2 aromatic heterocycles. The predicted octanol–water partition coefficient (Wildman–Crippen LogP) is 2.12. The molecule has 0 saturated heterocycles. The van der Waals surface area contributed by atoms with Crippen molar-refractivity contribution in [2.24, 2.45) is 7.05 Å². The van der Waals surface area contributed by atoms with Crippen molar-refractivity contribution in [2.75, 3.05) is 27.2 Å². The Kier molecular flexibility index (Phi) is 4.16. The van der Waals surface area contributed by atoms with E-state index in [1.807, 2.05) is 44.4 Å². The molecule has 1 amide bonds. The molecule has 0 atom stereocenters. The summed E-state index contributed by atoms with van der Waals surface area (Å²) in [6.07, 6.45) is 5.36. The molecule has 0 unspecified atom stereocenters. The molecule has 120 valence electrons. The summed E-state index contributed by atoms with van der Waals surface area (Å²) in [4.78, 5) is 14.4. The first-order valence-corrected chi connectivity index (χ1v) is 7.48. The molecule has 0 spiro atoms. The quantitative estimate of drug-likeness (QED) is 0.784. The maximum Gasteiger partial charge on any atom is 0.255 e. The van der Waals surface area contributed by atoms with Crippen molar-refractivity contribution >= 4 is 16.9 Å². The number of fused-ring (bicyclic) bond motifs is 1. The monoisotopic (exact) mass is 312 g/mol. The highest BCUT2D eigenvalue weighted by molar-refractivity contribution is 6.08. The van der Waals surface area contributed by atoms with Crippen molar-refractivity contribution in [3.8, 4) is 11.1 Å². The highest BCUT2D eigenvalue weighted by Gasteiger charge is 2.16. The minimum atomic E-state index is -0.121. The number of aryl methyl sites for hydroxylation is 1. The highest BCUT2D eigenvalue weighted by Crippen LogP contribution is 2.31. The van der Waals surface area contributed by atoms with E-state index in [4.69, 9.17) is 4.42 Å². The molecule has 6 heteroatoms. The molecule has 3 rings (SSSR count). The first-order chi connectivity index (χ1) is 11.1. The van der Waals surface area contributed by atoms with Crippen LogP contribution in [0.4, 0.5) is 0 Å². The molecule has 6 nitrogen and oxygen atoms in total. The number of amides is 1. The number of nitrogens with zero attached hydrogens (tertiary/aromatic N) is 3. The van der Waals surface area contributed by atoms with E-state index in [9.17, 15) is 4.79 Å². The molecule has 3 aromatic rings. The van der Waals surface area contributed by atoms with Crippen molar-refractivity contribution in [2.45, 2.75) is 0 Å². The van der Waals surface area contributed by atoms with Gasteiger partial charge in [-0.15, -0.1) is 0 Å². The third-order valence-electron chi connectivity index (χ3n) is 3.72. The second-order valence-corrected chi connectivity index (χ2v) is 5.79. The lowest BCUT2D eigenvalue weighted by Crippen LogP contribution is -2.31. The normalized spacial score (nSPS) is 11.3. The number of hydrogen-bond donors (Lipinski definition) is 1. The third-order valence-corrected chi connectivity index (χ3v) is 3.72. The number of aromatic nitrogens is 2. The molecule has 0 fully saturated rings. The molecule has 0 aliphatic carbocycles. The van der Waals surface area contributed by atoms with Gasteiger partial charge in [0.15, 0.2) is 0 Å². The van der Waals surface area contributed by atoms with Gasteiger partial charge in [0.05, 0.1) is 18.0 Å². The summed E-state index contributed by atoms with van der Waals surface area (Å²) in [7, 11) is 5.82. The van der Waals surface area contributed by atoms with Gasteiger partial charge in [-0.05, 0) is 31.8 Å². The molecular formula is C17H20N4O2. The Labute approximate surface area is 134 Å². The largest absolute Gasteiger partial charge is 0.463 e. The van der Waals surface area contributed by atoms with Gasteiger partial charge < -0.3 is 14.6 Å². The average molecular weight is 312 g/mol. The van der Waals surface area contributed by atoms with Crippen LogP contribution in [0.25, 0.3) is 22.1 Å². The van der Waals surface area contributed by atoms with Gasteiger partial charge in [0.25, 0.3) is 5.91 Å². The van der Waals surface area contributed by atoms with Gasteiger partial charge in [-0.25, -0.2) is 0 Å². The molecule has 0 bridgehead atoms. The zero-order chi connectivity index (χ0) is 16.4. The van der Waals surface area contributed by atoms with Crippen LogP contribution in [0, 0.1) is 0 Å². The lowest BCUT2D eigenvalue weighted by molar-refractivity contribution is 0.0951. The van der Waals surface area contributed by atoms with Crippen LogP contribution < -0.4 is 5.32 Å². The summed E-state index contributed by atoms with van der Waals surface area (Å²) in [5, 5.41) is 8.03. The summed E-state index contributed by atoms with van der Waals surface area (Å²) >= 11 is 0. The summed E-state index contributed by atoms with van der Waals surface area (Å²) in [5.41, 5.74) is 3.16. The van der Waals surface area contributed by atoms with Crippen LogP contribution in [0.3, 0.4) is 0 Å². The van der Waals surface area contributed by atoms with Crippen LogP contribution >= 0.6 is 0 Å². The van der Waals surface area contributed by atoms with E-state index in [1.165, 1.54) is 0 Å². The van der Waals surface area contributed by atoms with Gasteiger partial charge in [0, 0.05) is 37.3 Å². The summed E-state index contributed by atoms with van der Waals surface area (Å²) in [5.74, 6) is -0.121. The van der Waals surface area contributed by atoms with Gasteiger partial charge in [-0.2, -0.15) is 5.10 Å². The molecular weight excluding hydrogens is 292 g/mol. The minimum Gasteiger partial charge on any atom is -0.463 e. The van der Waals surface area contributed by atoms with Gasteiger partial charge >= 0.3 is 0 Å². The Balaban J connectivity index is 1.92. The van der Waals surface area contributed by atoms with Crippen LogP contribution in [-0.4, -0.2) is 47.8 Å². The number of furan rings is 1. The maximum atomic E-state index is 12.4. The van der Waals surface area contributed by atoms with Crippen molar-refractivity contribution in [3.05, 3.63) is 42.4 Å². The second kappa shape index (κ2) is 6.26. The number of carbonyl (C=O) groups is 1. The Morgan fingerprint density at radius 2 is 2.17 bits per heavy atom. The van der Waals surface area contributed by atoms with Crippen molar-refractivity contribution in [1.29, 1.82) is 0 Å². The Morgan fingerprint density at radius 1 is 1.35 bits per heavy atom. The summed E-state index contributed by atoms with van der Waals surface area (Å²) in [6.45, 7) is 1.39. The lowest BCUT2D eigenvalue weighted by atomic mass is 10.0. The zero-order valence-corrected chi connectivity index (χ0v) is 13.5. The van der Waals surface area contributed by atoms with Crippen LogP contribution in [0.2, 0.25) is 0 Å². The maximum absolute atomic E-state index is 12.4. The zero-order valence-electron chi connectivity index (χ0n) is 13.5. The smallest absolute Gasteiger partial charge is 0.255 e. The van der Waals surface area contributed by atoms with E-state index in [-0.39, 0.29) is 5.91 Å². The van der Waals surface area contributed by atoms with Gasteiger partial charge in [0.1, 0.15) is 5.58 Å². The van der Waals surface area contributed by atoms with Crippen LogP contribution in [0.1, 0.15) is 10.4 Å². The number of rotatable bonds is 5. The van der Waals surface area contributed by atoms with Gasteiger partial charge in [0.2, 0.25) is 0 Å². The fourth-order valence-electron chi connectivity index (χ4n) is 2.54. The number of carbonyl (C=O) groups excluding carboxylic acids is 1. The molecule has 23 heavy (non-hydrogen) atoms. The van der Waals surface area contributed by atoms with Crippen LogP contribution in [0.5, 0.6) is 0 Å². The number of likely N-dealkylation sites (N-methyl/N-ethyl adjacent to an activating group) is 1. The van der Waals surface area contributed by atoms with E-state index < -0.39 is 0 Å². The third kappa shape index (κ3) is 3.12. The van der Waals surface area contributed by atoms with E-state index >= 15 is 0 Å². The van der Waals surface area contributed by atoms with Crippen LogP contribution in [0.15, 0.2) is 41.3 Å². The molecule has 0 aliphatic heterocycles. The fourth-order valence-corrected chi connectivity index (χ4v) is 2.54. The summed E-state index contributed by atoms with van der Waals surface area (Å²) < 4.78 is 7.32. The van der Waals surface area contributed by atoms with Crippen molar-refractivity contribution in [1.82, 2.24) is 20.0 Å². The minimum absolute atomic E-state index is 0.121. The average Bonchev–Trinajstić information content (AvgIpc) is 3.14. The molecule has 0 saturated carbocycles. The van der Waals surface area contributed by atoms with E-state index in [2.05, 4.69) is 10.4 Å². The molecule has 0 radical (unpaired) electrons. The first-order valence-electron chi connectivity index (χ1n) is 7.48. The Bertz CT molecular complexity index is 832. The lowest BCUT2D eigenvalue weighted by Gasteiger charge is -2.11. The van der Waals surface area contributed by atoms with E-state index in [0.29, 0.717) is 17.7 Å². The van der Waals surface area contributed by atoms with E-state index in [0.717, 1.165) is 23.1 Å². The number of benzene rings is 1. The van der Waals surface area contributed by atoms with E-state index in [1.54, 1.807) is 23.2 Å². The molecule has 0 aliphatic rings.